The van der Waals surface area contributed by atoms with Crippen molar-refractivity contribution in [3.8, 4) is 11.5 Å². The van der Waals surface area contributed by atoms with Gasteiger partial charge in [0.2, 0.25) is 0 Å². The fourth-order valence-corrected chi connectivity index (χ4v) is 2.81. The molecular formula is C16H12Cl2N4O2. The van der Waals surface area contributed by atoms with Crippen LogP contribution in [-0.2, 0) is 6.54 Å². The fourth-order valence-electron chi connectivity index (χ4n) is 2.44. The van der Waals surface area contributed by atoms with Crippen LogP contribution in [0.4, 0.5) is 0 Å². The maximum atomic E-state index is 11.7. The summed E-state index contributed by atoms with van der Waals surface area (Å²) in [4.78, 5) is 24.2. The van der Waals surface area contributed by atoms with E-state index in [4.69, 9.17) is 23.2 Å². The van der Waals surface area contributed by atoms with E-state index in [9.17, 15) is 9.90 Å². The molecule has 1 aromatic carbocycles. The molecule has 0 aliphatic carbocycles. The molecule has 0 aliphatic heterocycles. The molecular weight excluding hydrogens is 351 g/mol. The molecule has 2 aromatic heterocycles. The van der Waals surface area contributed by atoms with Crippen molar-refractivity contribution in [2.45, 2.75) is 13.5 Å². The van der Waals surface area contributed by atoms with Gasteiger partial charge in [-0.2, -0.15) is 0 Å². The van der Waals surface area contributed by atoms with E-state index < -0.39 is 5.97 Å². The molecule has 24 heavy (non-hydrogen) atoms. The largest absolute Gasteiger partial charge is 0.477 e. The first-order valence-corrected chi connectivity index (χ1v) is 7.73. The molecule has 3 rings (SSSR count). The first-order chi connectivity index (χ1) is 11.5. The Kier molecular flexibility index (Phi) is 4.51. The van der Waals surface area contributed by atoms with Crippen LogP contribution in [0.1, 0.15) is 21.7 Å². The van der Waals surface area contributed by atoms with Gasteiger partial charge in [0.25, 0.3) is 0 Å². The zero-order valence-electron chi connectivity index (χ0n) is 12.6. The topological polar surface area (TPSA) is 80.9 Å². The van der Waals surface area contributed by atoms with E-state index >= 15 is 0 Å². The lowest BCUT2D eigenvalue weighted by molar-refractivity contribution is 0.0685. The van der Waals surface area contributed by atoms with Crippen molar-refractivity contribution in [3.05, 3.63) is 63.8 Å². The Bertz CT molecular complexity index is 910. The minimum atomic E-state index is -1.08. The summed E-state index contributed by atoms with van der Waals surface area (Å²) in [5.41, 5.74) is 1.63. The number of hydrogen-bond acceptors (Lipinski definition) is 4. The van der Waals surface area contributed by atoms with Crippen LogP contribution in [0, 0.1) is 6.92 Å². The molecule has 0 aliphatic rings. The van der Waals surface area contributed by atoms with Crippen molar-refractivity contribution in [1.82, 2.24) is 19.5 Å². The summed E-state index contributed by atoms with van der Waals surface area (Å²) < 4.78 is 1.55. The third-order valence-corrected chi connectivity index (χ3v) is 4.08. The second-order valence-corrected chi connectivity index (χ2v) is 5.93. The van der Waals surface area contributed by atoms with Crippen LogP contribution in [0.2, 0.25) is 10.0 Å². The molecule has 8 heteroatoms. The van der Waals surface area contributed by atoms with Crippen LogP contribution in [0.5, 0.6) is 0 Å². The van der Waals surface area contributed by atoms with Crippen LogP contribution in [0.15, 0.2) is 36.8 Å². The lowest BCUT2D eigenvalue weighted by Gasteiger charge is -2.11. The molecule has 0 unspecified atom stereocenters. The highest BCUT2D eigenvalue weighted by Crippen LogP contribution is 2.26. The number of benzene rings is 1. The predicted molar refractivity (Wildman–Crippen MR) is 90.5 cm³/mol. The van der Waals surface area contributed by atoms with Crippen molar-refractivity contribution in [2.24, 2.45) is 0 Å². The Morgan fingerprint density at radius 3 is 2.75 bits per heavy atom. The van der Waals surface area contributed by atoms with Gasteiger partial charge in [0.15, 0.2) is 11.5 Å². The number of carboxylic acid groups (broad SMARTS) is 1. The van der Waals surface area contributed by atoms with Crippen molar-refractivity contribution in [3.63, 3.8) is 0 Å². The van der Waals surface area contributed by atoms with E-state index in [-0.39, 0.29) is 12.2 Å². The number of carboxylic acids is 1. The summed E-state index contributed by atoms with van der Waals surface area (Å²) in [5, 5.41) is 10.6. The monoisotopic (exact) mass is 362 g/mol. The van der Waals surface area contributed by atoms with E-state index in [2.05, 4.69) is 15.0 Å². The molecule has 0 bridgehead atoms. The lowest BCUT2D eigenvalue weighted by atomic mass is 10.2. The average molecular weight is 363 g/mol. The summed E-state index contributed by atoms with van der Waals surface area (Å²) in [7, 11) is 0. The second kappa shape index (κ2) is 6.59. The molecule has 2 heterocycles. The zero-order chi connectivity index (χ0) is 17.3. The van der Waals surface area contributed by atoms with Crippen LogP contribution < -0.4 is 0 Å². The summed E-state index contributed by atoms with van der Waals surface area (Å²) in [6.45, 7) is 1.84. The number of aryl methyl sites for hydroxylation is 1. The lowest BCUT2D eigenvalue weighted by Crippen LogP contribution is -2.12. The third kappa shape index (κ3) is 3.11. The minimum absolute atomic E-state index is 0.0756. The van der Waals surface area contributed by atoms with E-state index in [0.717, 1.165) is 0 Å². The molecule has 0 amide bonds. The van der Waals surface area contributed by atoms with Crippen LogP contribution in [0.3, 0.4) is 0 Å². The molecule has 0 fully saturated rings. The maximum Gasteiger partial charge on any atom is 0.354 e. The first-order valence-electron chi connectivity index (χ1n) is 6.98. The Morgan fingerprint density at radius 1 is 1.29 bits per heavy atom. The molecule has 1 N–H and O–H groups in total. The second-order valence-electron chi connectivity index (χ2n) is 5.09. The fraction of sp³-hybridized carbons (Fsp3) is 0.125. The zero-order valence-corrected chi connectivity index (χ0v) is 14.1. The van der Waals surface area contributed by atoms with Gasteiger partial charge in [-0.3, -0.25) is 4.98 Å². The van der Waals surface area contributed by atoms with Gasteiger partial charge >= 0.3 is 5.97 Å². The number of aromatic carboxylic acids is 1. The Hall–Kier alpha value is -2.44. The Labute approximate surface area is 147 Å². The van der Waals surface area contributed by atoms with E-state index in [1.165, 1.54) is 18.6 Å². The van der Waals surface area contributed by atoms with Gasteiger partial charge in [-0.05, 0) is 30.7 Å². The van der Waals surface area contributed by atoms with Gasteiger partial charge < -0.3 is 9.67 Å². The van der Waals surface area contributed by atoms with Crippen LogP contribution in [0.25, 0.3) is 11.5 Å². The average Bonchev–Trinajstić information content (AvgIpc) is 2.88. The van der Waals surface area contributed by atoms with Crippen molar-refractivity contribution in [1.29, 1.82) is 0 Å². The number of imidazole rings is 1. The number of nitrogens with zero attached hydrogens (tertiary/aromatic N) is 4. The van der Waals surface area contributed by atoms with Crippen molar-refractivity contribution >= 4 is 29.2 Å². The number of halogens is 2. The molecule has 6 nitrogen and oxygen atoms in total. The van der Waals surface area contributed by atoms with Gasteiger partial charge in [0.05, 0.1) is 18.4 Å². The molecule has 3 aromatic rings. The van der Waals surface area contributed by atoms with Crippen molar-refractivity contribution < 1.29 is 9.90 Å². The van der Waals surface area contributed by atoms with Gasteiger partial charge in [0.1, 0.15) is 5.69 Å². The number of rotatable bonds is 4. The van der Waals surface area contributed by atoms with Crippen LogP contribution >= 0.6 is 23.2 Å². The van der Waals surface area contributed by atoms with Gasteiger partial charge in [-0.1, -0.05) is 23.2 Å². The number of carbonyl (C=O) groups is 1. The molecule has 0 saturated heterocycles. The van der Waals surface area contributed by atoms with Gasteiger partial charge in [0, 0.05) is 22.4 Å². The minimum Gasteiger partial charge on any atom is -0.477 e. The molecule has 0 saturated carbocycles. The smallest absolute Gasteiger partial charge is 0.354 e. The SMILES string of the molecule is Cc1nc(-c2cnccn2)n(Cc2cc(Cl)ccc2Cl)c1C(=O)O. The normalized spacial score (nSPS) is 10.8. The third-order valence-electron chi connectivity index (χ3n) is 3.47. The van der Waals surface area contributed by atoms with E-state index in [0.29, 0.717) is 32.8 Å². The summed E-state index contributed by atoms with van der Waals surface area (Å²) in [6, 6.07) is 5.05. The molecule has 122 valence electrons. The van der Waals surface area contributed by atoms with Gasteiger partial charge in [-0.25, -0.2) is 14.8 Å². The molecule has 0 radical (unpaired) electrons. The highest BCUT2D eigenvalue weighted by molar-refractivity contribution is 6.33. The highest BCUT2D eigenvalue weighted by Gasteiger charge is 2.22. The first kappa shape index (κ1) is 16.4. The van der Waals surface area contributed by atoms with Crippen molar-refractivity contribution in [2.75, 3.05) is 0 Å². The summed E-state index contributed by atoms with van der Waals surface area (Å²) >= 11 is 12.2. The van der Waals surface area contributed by atoms with E-state index in [1.54, 1.807) is 29.7 Å². The summed E-state index contributed by atoms with van der Waals surface area (Å²) in [5.74, 6) is -0.665. The molecule has 0 spiro atoms. The quantitative estimate of drug-likeness (QED) is 0.764. The number of hydrogen-bond donors (Lipinski definition) is 1. The highest BCUT2D eigenvalue weighted by atomic mass is 35.5. The van der Waals surface area contributed by atoms with Crippen LogP contribution in [-0.4, -0.2) is 30.6 Å². The predicted octanol–water partition coefficient (Wildman–Crippen LogP) is 3.70. The maximum absolute atomic E-state index is 11.7. The van der Waals surface area contributed by atoms with E-state index in [1.807, 2.05) is 0 Å². The Morgan fingerprint density at radius 2 is 2.08 bits per heavy atom. The number of aromatic nitrogens is 4. The van der Waals surface area contributed by atoms with Gasteiger partial charge in [-0.15, -0.1) is 0 Å². The Balaban J connectivity index is 2.18. The molecule has 0 atom stereocenters. The standard InChI is InChI=1S/C16H12Cl2N4O2/c1-9-14(16(23)24)22(8-10-6-11(17)2-3-12(10)18)15(21-9)13-7-19-4-5-20-13/h2-7H,8H2,1H3,(H,23,24). The summed E-state index contributed by atoms with van der Waals surface area (Å²) in [6.07, 6.45) is 4.59.